The van der Waals surface area contributed by atoms with Gasteiger partial charge in [0.1, 0.15) is 11.9 Å². The van der Waals surface area contributed by atoms with E-state index in [1.807, 2.05) is 35.7 Å². The lowest BCUT2D eigenvalue weighted by Gasteiger charge is -2.40. The van der Waals surface area contributed by atoms with Gasteiger partial charge < -0.3 is 20.7 Å². The Kier molecular flexibility index (Phi) is 10.2. The number of aromatic nitrogens is 1. The number of allylic oxidation sites excluding steroid dienone is 2. The number of fused-ring (bicyclic) bond motifs is 1. The molecule has 2 aromatic carbocycles. The van der Waals surface area contributed by atoms with E-state index in [1.54, 1.807) is 12.1 Å². The van der Waals surface area contributed by atoms with Crippen molar-refractivity contribution in [1.29, 1.82) is 0 Å². The SMILES string of the molecule is O=C(CN1CC[C@@H]2NC(=O)[C@@H](Cc3ccccc3)NC(=O)C3(CC=CC[C@@H]2C1)CCOCC3)Nc1nc(-c2ccc(F)cc2)cs1. The predicted octanol–water partition coefficient (Wildman–Crippen LogP) is 4.57. The molecule has 1 spiro atoms. The topological polar surface area (TPSA) is 113 Å². The standard InChI is InChI=1S/C35H40FN5O4S/c36-27-11-9-25(10-12-27)30-23-46-34(39-30)40-31(42)22-41-17-13-28-26(21-41)8-4-5-14-35(15-18-45-19-16-35)33(44)38-29(32(43)37-28)20-24-6-2-1-3-7-24/h1-7,9-12,23,26,28-29H,8,13-22H2,(H,37,43)(H,38,44)(H,39,40,42)/t26-,28+,29-/m1/s1. The molecule has 0 saturated carbocycles. The van der Waals surface area contributed by atoms with E-state index < -0.39 is 11.5 Å². The molecule has 3 N–H and O–H groups in total. The molecular weight excluding hydrogens is 605 g/mol. The van der Waals surface area contributed by atoms with Gasteiger partial charge in [0.2, 0.25) is 17.7 Å². The lowest BCUT2D eigenvalue weighted by Crippen LogP contribution is -2.58. The fourth-order valence-corrected chi connectivity index (χ4v) is 7.38. The molecule has 3 atom stereocenters. The first kappa shape index (κ1) is 32.0. The monoisotopic (exact) mass is 645 g/mol. The number of thiazole rings is 1. The third-order valence-electron chi connectivity index (χ3n) is 9.35. The zero-order valence-electron chi connectivity index (χ0n) is 25.8. The number of amides is 3. The molecule has 0 radical (unpaired) electrons. The van der Waals surface area contributed by atoms with Crippen molar-refractivity contribution in [2.45, 2.75) is 50.6 Å². The van der Waals surface area contributed by atoms with Crippen LogP contribution in [0.2, 0.25) is 0 Å². The third-order valence-corrected chi connectivity index (χ3v) is 10.1. The van der Waals surface area contributed by atoms with Gasteiger partial charge in [-0.15, -0.1) is 11.3 Å². The van der Waals surface area contributed by atoms with Crippen molar-refractivity contribution in [3.05, 3.63) is 83.5 Å². The Balaban J connectivity index is 1.13. The summed E-state index contributed by atoms with van der Waals surface area (Å²) in [4.78, 5) is 47.2. The Bertz CT molecular complexity index is 1540. The number of likely N-dealkylation sites (tertiary alicyclic amines) is 1. The van der Waals surface area contributed by atoms with Gasteiger partial charge in [-0.2, -0.15) is 0 Å². The van der Waals surface area contributed by atoms with Gasteiger partial charge in [-0.1, -0.05) is 42.5 Å². The number of carbonyl (C=O) groups excluding carboxylic acids is 3. The van der Waals surface area contributed by atoms with Crippen LogP contribution >= 0.6 is 11.3 Å². The van der Waals surface area contributed by atoms with Gasteiger partial charge in [0.05, 0.1) is 17.7 Å². The second-order valence-electron chi connectivity index (χ2n) is 12.5. The summed E-state index contributed by atoms with van der Waals surface area (Å²) in [5, 5.41) is 11.7. The summed E-state index contributed by atoms with van der Waals surface area (Å²) in [6.45, 7) is 2.55. The second-order valence-corrected chi connectivity index (χ2v) is 13.4. The number of hydrogen-bond donors (Lipinski definition) is 3. The fraction of sp³-hybridized carbons (Fsp3) is 0.429. The Labute approximate surface area is 272 Å². The first-order valence-corrected chi connectivity index (χ1v) is 16.9. The highest BCUT2D eigenvalue weighted by Gasteiger charge is 2.41. The Morgan fingerprint density at radius 3 is 2.63 bits per heavy atom. The summed E-state index contributed by atoms with van der Waals surface area (Å²) in [7, 11) is 0. The van der Waals surface area contributed by atoms with Crippen LogP contribution in [0.15, 0.2) is 72.1 Å². The lowest BCUT2D eigenvalue weighted by atomic mass is 9.75. The van der Waals surface area contributed by atoms with Crippen molar-refractivity contribution < 1.29 is 23.5 Å². The van der Waals surface area contributed by atoms with Crippen LogP contribution in [0.25, 0.3) is 11.3 Å². The average Bonchev–Trinajstić information content (AvgIpc) is 3.52. The molecular formula is C35H40FN5O4S. The van der Waals surface area contributed by atoms with Gasteiger partial charge in [-0.05, 0) is 67.9 Å². The number of rotatable bonds is 6. The van der Waals surface area contributed by atoms with Crippen LogP contribution in [0.5, 0.6) is 0 Å². The molecule has 46 heavy (non-hydrogen) atoms. The van der Waals surface area contributed by atoms with Crippen LogP contribution in [0.4, 0.5) is 9.52 Å². The van der Waals surface area contributed by atoms with Crippen molar-refractivity contribution in [2.24, 2.45) is 11.3 Å². The molecule has 2 saturated heterocycles. The minimum atomic E-state index is -0.694. The maximum absolute atomic E-state index is 13.8. The maximum atomic E-state index is 13.8. The van der Waals surface area contributed by atoms with Gasteiger partial charge >= 0.3 is 0 Å². The lowest BCUT2D eigenvalue weighted by molar-refractivity contribution is -0.140. The number of nitrogens with zero attached hydrogens (tertiary/aromatic N) is 2. The zero-order valence-corrected chi connectivity index (χ0v) is 26.6. The molecule has 9 nitrogen and oxygen atoms in total. The molecule has 4 heterocycles. The van der Waals surface area contributed by atoms with Gasteiger partial charge in [0.15, 0.2) is 5.13 Å². The highest BCUT2D eigenvalue weighted by molar-refractivity contribution is 7.14. The highest BCUT2D eigenvalue weighted by Crippen LogP contribution is 2.36. The minimum absolute atomic E-state index is 0.0830. The van der Waals surface area contributed by atoms with Crippen molar-refractivity contribution in [2.75, 3.05) is 38.2 Å². The largest absolute Gasteiger partial charge is 0.381 e. The fourth-order valence-electron chi connectivity index (χ4n) is 6.65. The molecule has 11 heteroatoms. The first-order valence-electron chi connectivity index (χ1n) is 16.0. The number of halogens is 1. The van der Waals surface area contributed by atoms with Crippen LogP contribution in [0, 0.1) is 17.2 Å². The van der Waals surface area contributed by atoms with E-state index in [9.17, 15) is 18.8 Å². The van der Waals surface area contributed by atoms with Gasteiger partial charge in [0.25, 0.3) is 0 Å². The van der Waals surface area contributed by atoms with Crippen LogP contribution in [-0.2, 0) is 25.5 Å². The molecule has 3 aliphatic heterocycles. The van der Waals surface area contributed by atoms with Crippen LogP contribution in [-0.4, -0.2) is 72.5 Å². The van der Waals surface area contributed by atoms with Gasteiger partial charge in [0, 0.05) is 49.7 Å². The minimum Gasteiger partial charge on any atom is -0.381 e. The number of anilines is 1. The summed E-state index contributed by atoms with van der Waals surface area (Å²) in [5.74, 6) is -0.622. The van der Waals surface area contributed by atoms with Crippen molar-refractivity contribution in [1.82, 2.24) is 20.5 Å². The zero-order chi connectivity index (χ0) is 31.9. The van der Waals surface area contributed by atoms with Gasteiger partial charge in [-0.3, -0.25) is 19.3 Å². The summed E-state index contributed by atoms with van der Waals surface area (Å²) in [6, 6.07) is 15.1. The smallest absolute Gasteiger partial charge is 0.243 e. The number of hydrogen-bond acceptors (Lipinski definition) is 7. The molecule has 3 amide bonds. The summed E-state index contributed by atoms with van der Waals surface area (Å²) in [6.07, 6.45) is 7.90. The number of benzene rings is 2. The maximum Gasteiger partial charge on any atom is 0.243 e. The van der Waals surface area contributed by atoms with E-state index in [4.69, 9.17) is 4.74 Å². The average molecular weight is 646 g/mol. The van der Waals surface area contributed by atoms with Crippen molar-refractivity contribution >= 4 is 34.2 Å². The molecule has 3 aromatic rings. The number of nitrogens with one attached hydrogen (secondary N) is 3. The van der Waals surface area contributed by atoms with Crippen LogP contribution in [0.3, 0.4) is 0 Å². The van der Waals surface area contributed by atoms with E-state index in [0.29, 0.717) is 69.2 Å². The summed E-state index contributed by atoms with van der Waals surface area (Å²) in [5.41, 5.74) is 1.84. The van der Waals surface area contributed by atoms with E-state index in [1.165, 1.54) is 23.5 Å². The molecule has 0 unspecified atom stereocenters. The Morgan fingerprint density at radius 2 is 1.85 bits per heavy atom. The van der Waals surface area contributed by atoms with Crippen molar-refractivity contribution in [3.8, 4) is 11.3 Å². The van der Waals surface area contributed by atoms with E-state index in [-0.39, 0.29) is 42.0 Å². The predicted molar refractivity (Wildman–Crippen MR) is 176 cm³/mol. The number of carbonyl (C=O) groups is 3. The number of piperidine rings is 1. The summed E-state index contributed by atoms with van der Waals surface area (Å²) < 4.78 is 18.9. The number of ether oxygens (including phenoxy) is 1. The molecule has 0 bridgehead atoms. The first-order chi connectivity index (χ1) is 22.4. The molecule has 6 rings (SSSR count). The normalized spacial score (nSPS) is 23.8. The van der Waals surface area contributed by atoms with Crippen LogP contribution in [0.1, 0.15) is 37.7 Å². The van der Waals surface area contributed by atoms with Gasteiger partial charge in [-0.25, -0.2) is 9.37 Å². The highest BCUT2D eigenvalue weighted by atomic mass is 32.1. The quantitative estimate of drug-likeness (QED) is 0.339. The molecule has 242 valence electrons. The molecule has 1 aromatic heterocycles. The van der Waals surface area contributed by atoms with E-state index in [0.717, 1.165) is 17.5 Å². The molecule has 3 aliphatic rings. The Morgan fingerprint density at radius 1 is 1.07 bits per heavy atom. The van der Waals surface area contributed by atoms with E-state index >= 15 is 0 Å². The third kappa shape index (κ3) is 7.89. The van der Waals surface area contributed by atoms with E-state index in [2.05, 4.69) is 38.0 Å². The Hall–Kier alpha value is -3.93. The van der Waals surface area contributed by atoms with Crippen LogP contribution < -0.4 is 16.0 Å². The molecule has 2 fully saturated rings. The molecule has 0 aliphatic carbocycles. The second kappa shape index (κ2) is 14.7. The van der Waals surface area contributed by atoms with Crippen molar-refractivity contribution in [3.63, 3.8) is 0 Å². The summed E-state index contributed by atoms with van der Waals surface area (Å²) >= 11 is 1.33.